The monoisotopic (exact) mass is 280 g/mol. The van der Waals surface area contributed by atoms with E-state index in [1.807, 2.05) is 12.1 Å². The van der Waals surface area contributed by atoms with Crippen LogP contribution in [-0.4, -0.2) is 37.8 Å². The lowest BCUT2D eigenvalue weighted by molar-refractivity contribution is -0.161. The lowest BCUT2D eigenvalue weighted by atomic mass is 10.1. The van der Waals surface area contributed by atoms with Crippen LogP contribution in [-0.2, 0) is 15.9 Å². The molecule has 1 aromatic carbocycles. The lowest BCUT2D eigenvalue weighted by Gasteiger charge is -2.22. The fourth-order valence-corrected chi connectivity index (χ4v) is 2.16. The maximum atomic E-state index is 8.69. The minimum Gasteiger partial charge on any atom is -0.494 e. The van der Waals surface area contributed by atoms with Gasteiger partial charge in [-0.15, -0.1) is 0 Å². The van der Waals surface area contributed by atoms with Crippen LogP contribution in [0.15, 0.2) is 24.3 Å². The van der Waals surface area contributed by atoms with Gasteiger partial charge in [-0.05, 0) is 43.4 Å². The Morgan fingerprint density at radius 1 is 1.15 bits per heavy atom. The maximum absolute atomic E-state index is 8.69. The van der Waals surface area contributed by atoms with E-state index in [1.54, 1.807) is 0 Å². The number of rotatable bonds is 8. The normalized spacial score (nSPS) is 18.9. The number of hydrogen-bond acceptors (Lipinski definition) is 4. The Hall–Kier alpha value is -1.10. The minimum atomic E-state index is -0.00941. The molecule has 1 saturated heterocycles. The molecule has 0 saturated carbocycles. The van der Waals surface area contributed by atoms with Crippen molar-refractivity contribution in [2.24, 2.45) is 0 Å². The summed E-state index contributed by atoms with van der Waals surface area (Å²) in [4.78, 5) is 0. The van der Waals surface area contributed by atoms with Gasteiger partial charge in [0.15, 0.2) is 6.29 Å². The van der Waals surface area contributed by atoms with Crippen LogP contribution >= 0.6 is 0 Å². The first-order valence-corrected chi connectivity index (χ1v) is 7.44. The Morgan fingerprint density at radius 2 is 2.00 bits per heavy atom. The van der Waals surface area contributed by atoms with E-state index in [-0.39, 0.29) is 12.9 Å². The van der Waals surface area contributed by atoms with E-state index in [2.05, 4.69) is 12.1 Å². The molecule has 1 unspecified atom stereocenters. The molecule has 1 fully saturated rings. The van der Waals surface area contributed by atoms with Gasteiger partial charge < -0.3 is 19.3 Å². The van der Waals surface area contributed by atoms with E-state index < -0.39 is 0 Å². The largest absolute Gasteiger partial charge is 0.494 e. The van der Waals surface area contributed by atoms with Crippen molar-refractivity contribution in [1.29, 1.82) is 0 Å². The molecule has 4 heteroatoms. The molecule has 4 nitrogen and oxygen atoms in total. The van der Waals surface area contributed by atoms with Crippen LogP contribution in [0.3, 0.4) is 0 Å². The summed E-state index contributed by atoms with van der Waals surface area (Å²) in [5.74, 6) is 0.846. The molecule has 2 rings (SSSR count). The van der Waals surface area contributed by atoms with Gasteiger partial charge in [0.25, 0.3) is 0 Å². The third-order valence-electron chi connectivity index (χ3n) is 3.33. The molecule has 0 aliphatic carbocycles. The predicted molar refractivity (Wildman–Crippen MR) is 76.9 cm³/mol. The Kier molecular flexibility index (Phi) is 6.84. The van der Waals surface area contributed by atoms with Gasteiger partial charge in [-0.2, -0.15) is 0 Å². The standard InChI is InChI=1S/C16H24O4/c17-10-3-12-18-15-7-5-14(6-8-15)9-13-20-16-4-1-2-11-19-16/h5-8,16-17H,1-4,9-13H2. The second kappa shape index (κ2) is 8.95. The molecule has 1 aliphatic heterocycles. The highest BCUT2D eigenvalue weighted by molar-refractivity contribution is 5.27. The Morgan fingerprint density at radius 3 is 2.70 bits per heavy atom. The zero-order valence-corrected chi connectivity index (χ0v) is 11.9. The first-order chi connectivity index (χ1) is 9.88. The number of aliphatic hydroxyl groups is 1. The summed E-state index contributed by atoms with van der Waals surface area (Å²) < 4.78 is 16.7. The van der Waals surface area contributed by atoms with Crippen LogP contribution in [0.1, 0.15) is 31.2 Å². The zero-order valence-electron chi connectivity index (χ0n) is 11.9. The molecule has 0 radical (unpaired) electrons. The van der Waals surface area contributed by atoms with Crippen LogP contribution in [0.25, 0.3) is 0 Å². The summed E-state index contributed by atoms with van der Waals surface area (Å²) in [7, 11) is 0. The highest BCUT2D eigenvalue weighted by atomic mass is 16.7. The molecule has 0 amide bonds. The van der Waals surface area contributed by atoms with Crippen molar-refractivity contribution in [3.63, 3.8) is 0 Å². The molecule has 1 atom stereocenters. The molecule has 20 heavy (non-hydrogen) atoms. The maximum Gasteiger partial charge on any atom is 0.157 e. The van der Waals surface area contributed by atoms with Crippen molar-refractivity contribution in [2.75, 3.05) is 26.4 Å². The van der Waals surface area contributed by atoms with Gasteiger partial charge in [0.05, 0.1) is 13.2 Å². The van der Waals surface area contributed by atoms with E-state index in [0.717, 1.165) is 31.6 Å². The van der Waals surface area contributed by atoms with Gasteiger partial charge in [-0.25, -0.2) is 0 Å². The number of hydrogen-bond donors (Lipinski definition) is 1. The third kappa shape index (κ3) is 5.49. The van der Waals surface area contributed by atoms with E-state index >= 15 is 0 Å². The van der Waals surface area contributed by atoms with Crippen LogP contribution in [0.5, 0.6) is 5.75 Å². The van der Waals surface area contributed by atoms with E-state index in [4.69, 9.17) is 19.3 Å². The molecular weight excluding hydrogens is 256 g/mol. The fourth-order valence-electron chi connectivity index (χ4n) is 2.16. The van der Waals surface area contributed by atoms with Crippen LogP contribution in [0.4, 0.5) is 0 Å². The summed E-state index contributed by atoms with van der Waals surface area (Å²) in [6.45, 7) is 2.23. The molecule has 112 valence electrons. The summed E-state index contributed by atoms with van der Waals surface area (Å²) >= 11 is 0. The van der Waals surface area contributed by atoms with Gasteiger partial charge in [0.1, 0.15) is 5.75 Å². The molecule has 1 heterocycles. The summed E-state index contributed by atoms with van der Waals surface area (Å²) in [6, 6.07) is 8.03. The van der Waals surface area contributed by atoms with Crippen molar-refractivity contribution in [1.82, 2.24) is 0 Å². The van der Waals surface area contributed by atoms with Crippen molar-refractivity contribution in [3.8, 4) is 5.75 Å². The molecular formula is C16H24O4. The summed E-state index contributed by atoms with van der Waals surface area (Å²) in [5, 5.41) is 8.69. The van der Waals surface area contributed by atoms with Gasteiger partial charge in [0, 0.05) is 19.6 Å². The van der Waals surface area contributed by atoms with Crippen molar-refractivity contribution >= 4 is 0 Å². The zero-order chi connectivity index (χ0) is 14.0. The first-order valence-electron chi connectivity index (χ1n) is 7.44. The second-order valence-corrected chi connectivity index (χ2v) is 4.99. The molecule has 1 aliphatic rings. The van der Waals surface area contributed by atoms with Crippen LogP contribution in [0.2, 0.25) is 0 Å². The van der Waals surface area contributed by atoms with Crippen LogP contribution < -0.4 is 4.74 Å². The van der Waals surface area contributed by atoms with E-state index in [9.17, 15) is 0 Å². The quantitative estimate of drug-likeness (QED) is 0.743. The Labute approximate surface area is 120 Å². The minimum absolute atomic E-state index is 0.00941. The highest BCUT2D eigenvalue weighted by Crippen LogP contribution is 2.15. The molecule has 1 aromatic rings. The molecule has 1 N–H and O–H groups in total. The van der Waals surface area contributed by atoms with Crippen molar-refractivity contribution in [3.05, 3.63) is 29.8 Å². The summed E-state index contributed by atoms with van der Waals surface area (Å²) in [6.07, 6.45) is 4.90. The van der Waals surface area contributed by atoms with Crippen molar-refractivity contribution < 1.29 is 19.3 Å². The number of benzene rings is 1. The highest BCUT2D eigenvalue weighted by Gasteiger charge is 2.13. The van der Waals surface area contributed by atoms with Gasteiger partial charge in [-0.1, -0.05) is 12.1 Å². The SMILES string of the molecule is OCCCOc1ccc(CCOC2CCCCO2)cc1. The molecule has 0 spiro atoms. The van der Waals surface area contributed by atoms with E-state index in [0.29, 0.717) is 19.6 Å². The predicted octanol–water partition coefficient (Wildman–Crippen LogP) is 2.53. The smallest absolute Gasteiger partial charge is 0.157 e. The van der Waals surface area contributed by atoms with E-state index in [1.165, 1.54) is 12.0 Å². The van der Waals surface area contributed by atoms with Crippen molar-refractivity contribution in [2.45, 2.75) is 38.4 Å². The first kappa shape index (κ1) is 15.3. The number of ether oxygens (including phenoxy) is 3. The topological polar surface area (TPSA) is 47.9 Å². The molecule has 0 bridgehead atoms. The third-order valence-corrected chi connectivity index (χ3v) is 3.33. The lowest BCUT2D eigenvalue weighted by Crippen LogP contribution is -2.23. The van der Waals surface area contributed by atoms with Gasteiger partial charge in [-0.3, -0.25) is 0 Å². The van der Waals surface area contributed by atoms with Gasteiger partial charge >= 0.3 is 0 Å². The van der Waals surface area contributed by atoms with Crippen LogP contribution in [0, 0.1) is 0 Å². The van der Waals surface area contributed by atoms with Gasteiger partial charge in [0.2, 0.25) is 0 Å². The second-order valence-electron chi connectivity index (χ2n) is 4.99. The Bertz CT molecular complexity index is 357. The average Bonchev–Trinajstić information content (AvgIpc) is 2.50. The summed E-state index contributed by atoms with van der Waals surface area (Å²) in [5.41, 5.74) is 1.23. The fraction of sp³-hybridized carbons (Fsp3) is 0.625. The Balaban J connectivity index is 1.65. The number of aliphatic hydroxyl groups excluding tert-OH is 1. The average molecular weight is 280 g/mol. The molecule has 0 aromatic heterocycles.